The van der Waals surface area contributed by atoms with Crippen LogP contribution in [0.4, 0.5) is 0 Å². The van der Waals surface area contributed by atoms with Crippen molar-refractivity contribution in [1.82, 2.24) is 4.90 Å². The number of hydrogen-bond acceptors (Lipinski definition) is 3. The fraction of sp³-hybridized carbons (Fsp3) is 0.174. The SMILES string of the molecule is O=CCCC(=O)N(CC(=O)O)Cc1ccc(-c2cccc3ccccc23)cc1. The van der Waals surface area contributed by atoms with Crippen molar-refractivity contribution in [3.8, 4) is 11.1 Å². The minimum Gasteiger partial charge on any atom is -0.480 e. The van der Waals surface area contributed by atoms with E-state index in [9.17, 15) is 14.4 Å². The molecule has 0 atom stereocenters. The van der Waals surface area contributed by atoms with E-state index in [1.807, 2.05) is 42.5 Å². The van der Waals surface area contributed by atoms with Gasteiger partial charge in [-0.3, -0.25) is 9.59 Å². The van der Waals surface area contributed by atoms with Gasteiger partial charge in [0.2, 0.25) is 5.91 Å². The predicted octanol–water partition coefficient (Wildman–Crippen LogP) is 3.90. The number of nitrogens with zero attached hydrogens (tertiary/aromatic N) is 1. The number of carbonyl (C=O) groups is 3. The van der Waals surface area contributed by atoms with Crippen LogP contribution >= 0.6 is 0 Å². The lowest BCUT2D eigenvalue weighted by atomic mass is 9.97. The Balaban J connectivity index is 1.81. The summed E-state index contributed by atoms with van der Waals surface area (Å²) in [7, 11) is 0. The summed E-state index contributed by atoms with van der Waals surface area (Å²) in [6, 6.07) is 22.1. The quantitative estimate of drug-likeness (QED) is 0.606. The molecular weight excluding hydrogens is 354 g/mol. The molecule has 0 aliphatic heterocycles. The van der Waals surface area contributed by atoms with Crippen LogP contribution in [0.1, 0.15) is 18.4 Å². The third-order valence-electron chi connectivity index (χ3n) is 4.58. The normalized spacial score (nSPS) is 10.6. The van der Waals surface area contributed by atoms with E-state index < -0.39 is 5.97 Å². The van der Waals surface area contributed by atoms with Crippen LogP contribution in [0.2, 0.25) is 0 Å². The third kappa shape index (κ3) is 4.62. The zero-order valence-corrected chi connectivity index (χ0v) is 15.4. The number of carboxylic acids is 1. The van der Waals surface area contributed by atoms with Crippen LogP contribution in [0.25, 0.3) is 21.9 Å². The fourth-order valence-electron chi connectivity index (χ4n) is 3.22. The second-order valence-electron chi connectivity index (χ2n) is 6.57. The molecule has 0 saturated carbocycles. The maximum atomic E-state index is 12.2. The molecule has 28 heavy (non-hydrogen) atoms. The number of carboxylic acid groups (broad SMARTS) is 1. The summed E-state index contributed by atoms with van der Waals surface area (Å²) < 4.78 is 0. The Bertz CT molecular complexity index is 990. The first-order valence-electron chi connectivity index (χ1n) is 9.09. The number of fused-ring (bicyclic) bond motifs is 1. The van der Waals surface area contributed by atoms with Crippen LogP contribution in [0.15, 0.2) is 66.7 Å². The Morgan fingerprint density at radius 2 is 1.64 bits per heavy atom. The average molecular weight is 375 g/mol. The molecule has 3 rings (SSSR count). The highest BCUT2D eigenvalue weighted by molar-refractivity contribution is 5.96. The van der Waals surface area contributed by atoms with Crippen LogP contribution in [-0.4, -0.2) is 34.7 Å². The van der Waals surface area contributed by atoms with E-state index in [-0.39, 0.29) is 31.8 Å². The van der Waals surface area contributed by atoms with Gasteiger partial charge in [0, 0.05) is 19.4 Å². The van der Waals surface area contributed by atoms with E-state index in [0.717, 1.165) is 27.5 Å². The lowest BCUT2D eigenvalue weighted by Crippen LogP contribution is -2.35. The van der Waals surface area contributed by atoms with E-state index in [0.29, 0.717) is 6.29 Å². The van der Waals surface area contributed by atoms with Gasteiger partial charge in [-0.1, -0.05) is 66.7 Å². The number of amides is 1. The van der Waals surface area contributed by atoms with Gasteiger partial charge in [0.1, 0.15) is 12.8 Å². The second kappa shape index (κ2) is 8.95. The third-order valence-corrected chi connectivity index (χ3v) is 4.58. The standard InChI is InChI=1S/C23H21NO4/c25-14-4-9-22(26)24(16-23(27)28)15-17-10-12-19(13-11-17)21-8-3-6-18-5-1-2-7-20(18)21/h1-3,5-8,10-14H,4,9,15-16H2,(H,27,28). The fourth-order valence-corrected chi connectivity index (χ4v) is 3.22. The summed E-state index contributed by atoms with van der Waals surface area (Å²) in [5, 5.41) is 11.4. The van der Waals surface area contributed by atoms with Gasteiger partial charge in [-0.25, -0.2) is 0 Å². The molecule has 1 amide bonds. The van der Waals surface area contributed by atoms with Gasteiger partial charge in [-0.2, -0.15) is 0 Å². The van der Waals surface area contributed by atoms with Crippen molar-refractivity contribution in [2.75, 3.05) is 6.54 Å². The molecule has 142 valence electrons. The molecule has 1 N–H and O–H groups in total. The Labute approximate surface area is 163 Å². The van der Waals surface area contributed by atoms with Crippen molar-refractivity contribution < 1.29 is 19.5 Å². The summed E-state index contributed by atoms with van der Waals surface area (Å²) in [6.45, 7) is -0.192. The number of carbonyl (C=O) groups excluding carboxylic acids is 2. The van der Waals surface area contributed by atoms with Crippen molar-refractivity contribution >= 4 is 28.9 Å². The summed E-state index contributed by atoms with van der Waals surface area (Å²) in [5.41, 5.74) is 3.01. The molecule has 0 saturated heterocycles. The minimum atomic E-state index is -1.08. The largest absolute Gasteiger partial charge is 0.480 e. The van der Waals surface area contributed by atoms with Gasteiger partial charge >= 0.3 is 5.97 Å². The Morgan fingerprint density at radius 1 is 0.929 bits per heavy atom. The maximum absolute atomic E-state index is 12.2. The van der Waals surface area contributed by atoms with Crippen molar-refractivity contribution in [2.45, 2.75) is 19.4 Å². The molecule has 5 nitrogen and oxygen atoms in total. The molecule has 3 aromatic rings. The highest BCUT2D eigenvalue weighted by Gasteiger charge is 2.17. The number of hydrogen-bond donors (Lipinski definition) is 1. The van der Waals surface area contributed by atoms with Crippen LogP contribution in [-0.2, 0) is 20.9 Å². The van der Waals surface area contributed by atoms with Crippen LogP contribution in [0, 0.1) is 0 Å². The molecule has 0 unspecified atom stereocenters. The van der Waals surface area contributed by atoms with Gasteiger partial charge < -0.3 is 14.8 Å². The highest BCUT2D eigenvalue weighted by atomic mass is 16.4. The van der Waals surface area contributed by atoms with Crippen LogP contribution in [0.5, 0.6) is 0 Å². The number of aliphatic carboxylic acids is 1. The zero-order valence-electron chi connectivity index (χ0n) is 15.4. The lowest BCUT2D eigenvalue weighted by molar-refractivity contribution is -0.145. The monoisotopic (exact) mass is 375 g/mol. The first-order chi connectivity index (χ1) is 13.6. The van der Waals surface area contributed by atoms with Gasteiger partial charge in [0.15, 0.2) is 0 Å². The molecule has 0 spiro atoms. The summed E-state index contributed by atoms with van der Waals surface area (Å²) in [6.07, 6.45) is 0.773. The molecule has 0 aliphatic carbocycles. The molecule has 3 aromatic carbocycles. The number of benzene rings is 3. The predicted molar refractivity (Wildman–Crippen MR) is 108 cm³/mol. The van der Waals surface area contributed by atoms with Crippen molar-refractivity contribution in [1.29, 1.82) is 0 Å². The highest BCUT2D eigenvalue weighted by Crippen LogP contribution is 2.28. The van der Waals surface area contributed by atoms with Gasteiger partial charge in [0.25, 0.3) is 0 Å². The number of rotatable bonds is 8. The van der Waals surface area contributed by atoms with E-state index in [4.69, 9.17) is 5.11 Å². The molecule has 0 fully saturated rings. The summed E-state index contributed by atoms with van der Waals surface area (Å²) in [5.74, 6) is -1.42. The molecule has 0 heterocycles. The summed E-state index contributed by atoms with van der Waals surface area (Å²) >= 11 is 0. The lowest BCUT2D eigenvalue weighted by Gasteiger charge is -2.20. The first kappa shape index (κ1) is 19.3. The minimum absolute atomic E-state index is 0.0187. The molecule has 0 aliphatic rings. The van der Waals surface area contributed by atoms with Crippen LogP contribution in [0.3, 0.4) is 0 Å². The maximum Gasteiger partial charge on any atom is 0.323 e. The first-order valence-corrected chi connectivity index (χ1v) is 9.09. The van der Waals surface area contributed by atoms with E-state index in [2.05, 4.69) is 24.3 Å². The Morgan fingerprint density at radius 3 is 2.36 bits per heavy atom. The van der Waals surface area contributed by atoms with E-state index in [1.54, 1.807) is 0 Å². The Hall–Kier alpha value is -3.47. The topological polar surface area (TPSA) is 74.7 Å². The van der Waals surface area contributed by atoms with E-state index in [1.165, 1.54) is 4.90 Å². The zero-order chi connectivity index (χ0) is 19.9. The molecule has 0 aromatic heterocycles. The molecule has 5 heteroatoms. The molecule has 0 radical (unpaired) electrons. The molecule has 0 bridgehead atoms. The Kier molecular flexibility index (Phi) is 6.17. The van der Waals surface area contributed by atoms with Gasteiger partial charge in [0.05, 0.1) is 0 Å². The van der Waals surface area contributed by atoms with Crippen LogP contribution < -0.4 is 0 Å². The molecular formula is C23H21NO4. The van der Waals surface area contributed by atoms with Crippen molar-refractivity contribution in [2.24, 2.45) is 0 Å². The van der Waals surface area contributed by atoms with Gasteiger partial charge in [-0.15, -0.1) is 0 Å². The van der Waals surface area contributed by atoms with Crippen molar-refractivity contribution in [3.05, 3.63) is 72.3 Å². The summed E-state index contributed by atoms with van der Waals surface area (Å²) in [4.78, 5) is 35.0. The smallest absolute Gasteiger partial charge is 0.323 e. The average Bonchev–Trinajstić information content (AvgIpc) is 2.71. The van der Waals surface area contributed by atoms with E-state index >= 15 is 0 Å². The second-order valence-corrected chi connectivity index (χ2v) is 6.57. The number of aldehydes is 1. The van der Waals surface area contributed by atoms with Gasteiger partial charge in [-0.05, 0) is 27.5 Å². The van der Waals surface area contributed by atoms with Crippen molar-refractivity contribution in [3.63, 3.8) is 0 Å².